The number of hydrogen-bond acceptors (Lipinski definition) is 4. The van der Waals surface area contributed by atoms with Gasteiger partial charge in [0.2, 0.25) is 10.0 Å². The molecule has 0 atom stereocenters. The molecule has 0 unspecified atom stereocenters. The van der Waals surface area contributed by atoms with Crippen LogP contribution < -0.4 is 5.32 Å². The summed E-state index contributed by atoms with van der Waals surface area (Å²) < 4.78 is 39.7. The molecule has 1 saturated heterocycles. The van der Waals surface area contributed by atoms with E-state index in [9.17, 15) is 17.6 Å². The molecule has 5 nitrogen and oxygen atoms in total. The third-order valence-electron chi connectivity index (χ3n) is 4.57. The molecule has 1 amide bonds. The van der Waals surface area contributed by atoms with Gasteiger partial charge in [-0.15, -0.1) is 11.8 Å². The van der Waals surface area contributed by atoms with Gasteiger partial charge in [0.05, 0.1) is 15.5 Å². The van der Waals surface area contributed by atoms with Crippen LogP contribution in [0.1, 0.15) is 29.6 Å². The van der Waals surface area contributed by atoms with Gasteiger partial charge in [0.15, 0.2) is 0 Å². The molecule has 0 aromatic heterocycles. The number of carbonyl (C=O) groups is 1. The van der Waals surface area contributed by atoms with Crippen LogP contribution in [0, 0.1) is 5.82 Å². The molecular formula is C20H22ClFN2O3S2. The van der Waals surface area contributed by atoms with Gasteiger partial charge in [0.1, 0.15) is 5.82 Å². The van der Waals surface area contributed by atoms with Crippen molar-refractivity contribution in [2.45, 2.75) is 29.1 Å². The number of hydrogen-bond donors (Lipinski definition) is 1. The number of thioether (sulfide) groups is 1. The van der Waals surface area contributed by atoms with E-state index in [-0.39, 0.29) is 21.3 Å². The Morgan fingerprint density at radius 2 is 1.83 bits per heavy atom. The van der Waals surface area contributed by atoms with Crippen LogP contribution in [-0.4, -0.2) is 44.0 Å². The van der Waals surface area contributed by atoms with Crippen LogP contribution >= 0.6 is 23.4 Å². The van der Waals surface area contributed by atoms with Crippen molar-refractivity contribution < 1.29 is 17.6 Å². The van der Waals surface area contributed by atoms with Gasteiger partial charge < -0.3 is 5.32 Å². The molecule has 29 heavy (non-hydrogen) atoms. The lowest BCUT2D eigenvalue weighted by atomic mass is 10.2. The standard InChI is InChI=1S/C20H22ClFN2O3S2/c21-19-9-8-17(29(26,27)24-11-1-2-12-24)14-18(19)20(25)23-10-3-13-28-16-6-4-15(22)5-7-16/h4-9,14H,1-3,10-13H2,(H,23,25). The average molecular weight is 457 g/mol. The monoisotopic (exact) mass is 456 g/mol. The van der Waals surface area contributed by atoms with Crippen LogP contribution in [0.4, 0.5) is 4.39 Å². The molecule has 1 fully saturated rings. The first-order valence-corrected chi connectivity index (χ1v) is 12.1. The van der Waals surface area contributed by atoms with Crippen LogP contribution in [-0.2, 0) is 10.0 Å². The first-order chi connectivity index (χ1) is 13.9. The Labute approximate surface area is 179 Å². The Morgan fingerprint density at radius 1 is 1.14 bits per heavy atom. The second kappa shape index (κ2) is 9.93. The highest BCUT2D eigenvalue weighted by Crippen LogP contribution is 2.25. The second-order valence-corrected chi connectivity index (χ2v) is 10.2. The van der Waals surface area contributed by atoms with Crippen molar-refractivity contribution >= 4 is 39.3 Å². The average Bonchev–Trinajstić information content (AvgIpc) is 3.25. The highest BCUT2D eigenvalue weighted by Gasteiger charge is 2.28. The highest BCUT2D eigenvalue weighted by atomic mass is 35.5. The zero-order chi connectivity index (χ0) is 20.9. The lowest BCUT2D eigenvalue weighted by molar-refractivity contribution is 0.0953. The van der Waals surface area contributed by atoms with E-state index >= 15 is 0 Å². The molecule has 0 bridgehead atoms. The largest absolute Gasteiger partial charge is 0.352 e. The predicted octanol–water partition coefficient (Wildman–Crippen LogP) is 4.18. The lowest BCUT2D eigenvalue weighted by Gasteiger charge is -2.16. The number of halogens is 2. The number of sulfonamides is 1. The van der Waals surface area contributed by atoms with E-state index in [0.717, 1.165) is 23.5 Å². The number of nitrogens with one attached hydrogen (secondary N) is 1. The minimum Gasteiger partial charge on any atom is -0.352 e. The first-order valence-electron chi connectivity index (χ1n) is 9.34. The van der Waals surface area contributed by atoms with Crippen molar-refractivity contribution in [2.24, 2.45) is 0 Å². The fourth-order valence-electron chi connectivity index (χ4n) is 3.01. The summed E-state index contributed by atoms with van der Waals surface area (Å²) in [7, 11) is -3.61. The quantitative estimate of drug-likeness (QED) is 0.478. The highest BCUT2D eigenvalue weighted by molar-refractivity contribution is 7.99. The van der Waals surface area contributed by atoms with Crippen LogP contribution in [0.5, 0.6) is 0 Å². The number of rotatable bonds is 8. The van der Waals surface area contributed by atoms with Crippen LogP contribution in [0.3, 0.4) is 0 Å². The summed E-state index contributed by atoms with van der Waals surface area (Å²) in [6, 6.07) is 10.5. The van der Waals surface area contributed by atoms with Gasteiger partial charge in [-0.1, -0.05) is 11.6 Å². The first kappa shape index (κ1) is 22.1. The molecule has 1 aliphatic heterocycles. The fraction of sp³-hybridized carbons (Fsp3) is 0.350. The zero-order valence-electron chi connectivity index (χ0n) is 15.7. The molecule has 156 valence electrons. The third-order valence-corrected chi connectivity index (χ3v) is 7.90. The molecule has 1 heterocycles. The molecule has 2 aromatic carbocycles. The zero-order valence-corrected chi connectivity index (χ0v) is 18.1. The minimum atomic E-state index is -3.61. The van der Waals surface area contributed by atoms with Gasteiger partial charge in [-0.3, -0.25) is 4.79 Å². The van der Waals surface area contributed by atoms with Gasteiger partial charge >= 0.3 is 0 Å². The summed E-state index contributed by atoms with van der Waals surface area (Å²) in [6.07, 6.45) is 2.39. The Balaban J connectivity index is 1.55. The van der Waals surface area contributed by atoms with Gasteiger partial charge in [-0.05, 0) is 67.5 Å². The summed E-state index contributed by atoms with van der Waals surface area (Å²) in [5.74, 6) is 0.0796. The van der Waals surface area contributed by atoms with E-state index in [1.165, 1.54) is 34.6 Å². The smallest absolute Gasteiger partial charge is 0.252 e. The molecule has 0 spiro atoms. The van der Waals surface area contributed by atoms with Crippen molar-refractivity contribution in [3.05, 3.63) is 58.9 Å². The van der Waals surface area contributed by atoms with E-state index in [2.05, 4.69) is 5.32 Å². The Bertz CT molecular complexity index is 962. The summed E-state index contributed by atoms with van der Waals surface area (Å²) in [4.78, 5) is 13.5. The van der Waals surface area contributed by atoms with Gasteiger partial charge in [0, 0.05) is 24.5 Å². The minimum absolute atomic E-state index is 0.0841. The van der Waals surface area contributed by atoms with E-state index in [4.69, 9.17) is 11.6 Å². The van der Waals surface area contributed by atoms with Gasteiger partial charge in [0.25, 0.3) is 5.91 Å². The van der Waals surface area contributed by atoms with Gasteiger partial charge in [-0.2, -0.15) is 4.31 Å². The van der Waals surface area contributed by atoms with Crippen molar-refractivity contribution in [1.82, 2.24) is 9.62 Å². The fourth-order valence-corrected chi connectivity index (χ4v) is 5.61. The van der Waals surface area contributed by atoms with Crippen LogP contribution in [0.15, 0.2) is 52.3 Å². The Kier molecular flexibility index (Phi) is 7.56. The topological polar surface area (TPSA) is 66.5 Å². The number of carbonyl (C=O) groups excluding carboxylic acids is 1. The number of amides is 1. The van der Waals surface area contributed by atoms with Crippen LogP contribution in [0.2, 0.25) is 5.02 Å². The predicted molar refractivity (Wildman–Crippen MR) is 114 cm³/mol. The van der Waals surface area contributed by atoms with E-state index < -0.39 is 15.9 Å². The lowest BCUT2D eigenvalue weighted by Crippen LogP contribution is -2.29. The number of benzene rings is 2. The number of nitrogens with zero attached hydrogens (tertiary/aromatic N) is 1. The molecular weight excluding hydrogens is 435 g/mol. The maximum Gasteiger partial charge on any atom is 0.252 e. The normalized spacial score (nSPS) is 14.8. The maximum absolute atomic E-state index is 12.9. The summed E-state index contributed by atoms with van der Waals surface area (Å²) in [5.41, 5.74) is 0.151. The summed E-state index contributed by atoms with van der Waals surface area (Å²) >= 11 is 7.70. The van der Waals surface area contributed by atoms with Crippen molar-refractivity contribution in [3.8, 4) is 0 Å². The van der Waals surface area contributed by atoms with Crippen molar-refractivity contribution in [1.29, 1.82) is 0 Å². The molecule has 9 heteroatoms. The van der Waals surface area contributed by atoms with E-state index in [1.807, 2.05) is 0 Å². The van der Waals surface area contributed by atoms with Crippen molar-refractivity contribution in [2.75, 3.05) is 25.4 Å². The Morgan fingerprint density at radius 3 is 2.52 bits per heavy atom. The summed E-state index contributed by atoms with van der Waals surface area (Å²) in [6.45, 7) is 1.42. The molecule has 0 aliphatic carbocycles. The van der Waals surface area contributed by atoms with Gasteiger partial charge in [-0.25, -0.2) is 12.8 Å². The summed E-state index contributed by atoms with van der Waals surface area (Å²) in [5, 5.41) is 2.99. The van der Waals surface area contributed by atoms with Crippen molar-refractivity contribution in [3.63, 3.8) is 0 Å². The molecule has 1 N–H and O–H groups in total. The molecule has 2 aromatic rings. The molecule has 0 saturated carbocycles. The third kappa shape index (κ3) is 5.72. The van der Waals surface area contributed by atoms with E-state index in [0.29, 0.717) is 26.1 Å². The van der Waals surface area contributed by atoms with E-state index in [1.54, 1.807) is 23.9 Å². The maximum atomic E-state index is 12.9. The molecule has 0 radical (unpaired) electrons. The Hall–Kier alpha value is -1.61. The molecule has 1 aliphatic rings. The van der Waals surface area contributed by atoms with Crippen LogP contribution in [0.25, 0.3) is 0 Å². The molecule has 3 rings (SSSR count). The SMILES string of the molecule is O=C(NCCCSc1ccc(F)cc1)c1cc(S(=O)(=O)N2CCCC2)ccc1Cl. The second-order valence-electron chi connectivity index (χ2n) is 6.66.